The molecule has 1 aromatic carbocycles. The Balaban J connectivity index is 0.000000352. The zero-order valence-electron chi connectivity index (χ0n) is 22.7. The van der Waals surface area contributed by atoms with E-state index in [-0.39, 0.29) is 17.7 Å². The van der Waals surface area contributed by atoms with Crippen LogP contribution in [0.5, 0.6) is 5.75 Å². The lowest BCUT2D eigenvalue weighted by atomic mass is 10.1. The third-order valence-electron chi connectivity index (χ3n) is 6.92. The highest BCUT2D eigenvalue weighted by Gasteiger charge is 2.35. The minimum absolute atomic E-state index is 0.0644. The third-order valence-corrected chi connectivity index (χ3v) is 11.3. The molecule has 0 bridgehead atoms. The van der Waals surface area contributed by atoms with Gasteiger partial charge >= 0.3 is 0 Å². The molecule has 1 N–H and O–H groups in total. The number of amides is 2. The molecule has 2 atom stereocenters. The molecule has 8 heteroatoms. The summed E-state index contributed by atoms with van der Waals surface area (Å²) in [6, 6.07) is 9.18. The number of thiol groups is 2. The van der Waals surface area contributed by atoms with Gasteiger partial charge in [0.25, 0.3) is 0 Å². The number of nitrogens with zero attached hydrogens (tertiary/aromatic N) is 1. The molecule has 1 saturated heterocycles. The molecule has 0 spiro atoms. The molecule has 3 rings (SSSR count). The molecule has 1 heterocycles. The Morgan fingerprint density at radius 3 is 2.53 bits per heavy atom. The zero-order valence-corrected chi connectivity index (χ0v) is 25.3. The van der Waals surface area contributed by atoms with Gasteiger partial charge in [-0.05, 0) is 62.1 Å². The summed E-state index contributed by atoms with van der Waals surface area (Å²) >= 11 is 10.1. The second-order valence-corrected chi connectivity index (χ2v) is 16.7. The summed E-state index contributed by atoms with van der Waals surface area (Å²) < 4.78 is 8.57. The minimum Gasteiger partial charge on any atom is -0.493 e. The molecule has 1 aliphatic carbocycles. The van der Waals surface area contributed by atoms with Crippen LogP contribution in [0.3, 0.4) is 0 Å². The average Bonchev–Trinajstić information content (AvgIpc) is 3.57. The highest BCUT2D eigenvalue weighted by molar-refractivity contribution is 9.17. The Bertz CT molecular complexity index is 817. The summed E-state index contributed by atoms with van der Waals surface area (Å²) in [4.78, 5) is 21.7. The normalized spacial score (nSPS) is 19.2. The van der Waals surface area contributed by atoms with Gasteiger partial charge in [-0.25, -0.2) is 4.31 Å². The summed E-state index contributed by atoms with van der Waals surface area (Å²) in [6.07, 6.45) is 11.4. The Labute approximate surface area is 231 Å². The number of rotatable bonds is 13. The van der Waals surface area contributed by atoms with Crippen molar-refractivity contribution in [2.24, 2.45) is 11.8 Å². The van der Waals surface area contributed by atoms with Gasteiger partial charge in [0.05, 0.1) is 6.61 Å². The predicted molar refractivity (Wildman–Crippen MR) is 161 cm³/mol. The molecular formula is C28H48N2O3S3. The maximum atomic E-state index is 11.0. The van der Waals surface area contributed by atoms with E-state index >= 15 is 0 Å². The van der Waals surface area contributed by atoms with Gasteiger partial charge in [0, 0.05) is 30.7 Å². The maximum absolute atomic E-state index is 11.0. The lowest BCUT2D eigenvalue weighted by Crippen LogP contribution is -2.33. The highest BCUT2D eigenvalue weighted by atomic mass is 33.5. The summed E-state index contributed by atoms with van der Waals surface area (Å²) in [5, 5.41) is 2.30. The van der Waals surface area contributed by atoms with Gasteiger partial charge in [0.2, 0.25) is 11.8 Å². The fourth-order valence-corrected chi connectivity index (χ4v) is 7.94. The molecule has 1 aliphatic heterocycles. The van der Waals surface area contributed by atoms with E-state index in [2.05, 4.69) is 40.8 Å². The molecule has 206 valence electrons. The lowest BCUT2D eigenvalue weighted by Gasteiger charge is -2.42. The van der Waals surface area contributed by atoms with Crippen molar-refractivity contribution in [3.8, 4) is 5.75 Å². The highest BCUT2D eigenvalue weighted by Crippen LogP contribution is 2.65. The fraction of sp³-hybridized carbons (Fsp3) is 0.714. The van der Waals surface area contributed by atoms with Gasteiger partial charge in [-0.2, -0.15) is 0 Å². The predicted octanol–water partition coefficient (Wildman–Crippen LogP) is 7.69. The molecule has 2 unspecified atom stereocenters. The average molecular weight is 557 g/mol. The van der Waals surface area contributed by atoms with Crippen LogP contribution < -0.4 is 10.1 Å². The monoisotopic (exact) mass is 556 g/mol. The maximum Gasteiger partial charge on any atom is 0.229 e. The lowest BCUT2D eigenvalue weighted by molar-refractivity contribution is -0.132. The quantitative estimate of drug-likeness (QED) is 0.132. The van der Waals surface area contributed by atoms with Crippen LogP contribution in [0.4, 0.5) is 0 Å². The first-order valence-corrected chi connectivity index (χ1v) is 17.7. The van der Waals surface area contributed by atoms with Crippen molar-refractivity contribution in [1.82, 2.24) is 9.62 Å². The van der Waals surface area contributed by atoms with Gasteiger partial charge in [0.15, 0.2) is 0 Å². The smallest absolute Gasteiger partial charge is 0.229 e. The van der Waals surface area contributed by atoms with E-state index in [1.165, 1.54) is 56.9 Å². The Kier molecular flexibility index (Phi) is 14.1. The van der Waals surface area contributed by atoms with Crippen LogP contribution in [0.25, 0.3) is 0 Å². The van der Waals surface area contributed by atoms with E-state index in [0.717, 1.165) is 37.0 Å². The topological polar surface area (TPSA) is 58.6 Å². The van der Waals surface area contributed by atoms with Crippen LogP contribution in [-0.2, 0) is 9.59 Å². The number of nitrogens with one attached hydrogen (secondary N) is 1. The number of benzene rings is 1. The third kappa shape index (κ3) is 10.9. The second kappa shape index (κ2) is 16.2. The molecular weight excluding hydrogens is 509 g/mol. The van der Waals surface area contributed by atoms with Crippen molar-refractivity contribution < 1.29 is 14.3 Å². The van der Waals surface area contributed by atoms with Crippen molar-refractivity contribution in [2.45, 2.75) is 97.9 Å². The number of ether oxygens (including phenoxy) is 1. The van der Waals surface area contributed by atoms with Gasteiger partial charge in [0.1, 0.15) is 5.75 Å². The Morgan fingerprint density at radius 1 is 1.14 bits per heavy atom. The standard InChI is InChI=1S/C20H33NOS3.C8H15NO2/c1-2-3-4-5-14-25(23,24)21-13-7-10-20(21)18-8-6-9-19(15-18)22-16-17-11-12-17;1-4-6(3)8(11)9-7(10)5-2/h6,8-9,15,17,20,23-24H,2-5,7,10-14,16H2,1H3;6H,4-5H2,1-3H3,(H,9,10,11). The van der Waals surface area contributed by atoms with E-state index < -0.39 is 8.28 Å². The number of hydrogen-bond donors (Lipinski definition) is 3. The summed E-state index contributed by atoms with van der Waals surface area (Å²) in [5.74, 6) is 2.51. The van der Waals surface area contributed by atoms with Crippen LogP contribution in [0.1, 0.15) is 104 Å². The number of hydrogen-bond acceptors (Lipinski definition) is 6. The molecule has 0 aromatic heterocycles. The Hall–Kier alpha value is -0.830. The molecule has 2 fully saturated rings. The zero-order chi connectivity index (χ0) is 26.6. The number of carbonyl (C=O) groups excluding carboxylic acids is 2. The first-order chi connectivity index (χ1) is 17.2. The summed E-state index contributed by atoms with van der Waals surface area (Å²) in [6.45, 7) is 9.70. The van der Waals surface area contributed by atoms with Crippen LogP contribution in [0.15, 0.2) is 24.3 Å². The van der Waals surface area contributed by atoms with E-state index in [9.17, 15) is 9.59 Å². The van der Waals surface area contributed by atoms with E-state index in [1.807, 2.05) is 6.92 Å². The SMILES string of the molecule is CCC(=O)NC(=O)C(C)CC.CCCCCCS(S)(S)N1CCCC1c1cccc(OCC2CC2)c1. The first kappa shape index (κ1) is 31.4. The fourth-order valence-electron chi connectivity index (χ4n) is 4.11. The van der Waals surface area contributed by atoms with E-state index in [0.29, 0.717) is 12.5 Å². The largest absolute Gasteiger partial charge is 0.493 e. The van der Waals surface area contributed by atoms with Crippen LogP contribution in [-0.4, -0.2) is 35.0 Å². The van der Waals surface area contributed by atoms with Crippen molar-refractivity contribution >= 4 is 43.4 Å². The van der Waals surface area contributed by atoms with Crippen LogP contribution >= 0.6 is 31.6 Å². The van der Waals surface area contributed by atoms with Gasteiger partial charge in [-0.15, -0.1) is 23.3 Å². The number of imide groups is 1. The van der Waals surface area contributed by atoms with Gasteiger partial charge in [-0.3, -0.25) is 14.9 Å². The van der Waals surface area contributed by atoms with Crippen molar-refractivity contribution in [2.75, 3.05) is 18.9 Å². The molecule has 2 amide bonds. The van der Waals surface area contributed by atoms with Crippen LogP contribution in [0.2, 0.25) is 0 Å². The summed E-state index contributed by atoms with van der Waals surface area (Å²) in [7, 11) is -1.28. The second-order valence-electron chi connectivity index (χ2n) is 10.1. The van der Waals surface area contributed by atoms with Gasteiger partial charge < -0.3 is 4.74 Å². The van der Waals surface area contributed by atoms with E-state index in [4.69, 9.17) is 28.1 Å². The molecule has 2 aliphatic rings. The van der Waals surface area contributed by atoms with Crippen molar-refractivity contribution in [3.63, 3.8) is 0 Å². The first-order valence-electron chi connectivity index (χ1n) is 13.8. The minimum atomic E-state index is -1.28. The molecule has 36 heavy (non-hydrogen) atoms. The van der Waals surface area contributed by atoms with E-state index in [1.54, 1.807) is 13.8 Å². The van der Waals surface area contributed by atoms with Crippen molar-refractivity contribution in [3.05, 3.63) is 29.8 Å². The molecule has 0 radical (unpaired) electrons. The Morgan fingerprint density at radius 2 is 1.89 bits per heavy atom. The molecule has 1 aromatic rings. The molecule has 5 nitrogen and oxygen atoms in total. The summed E-state index contributed by atoms with van der Waals surface area (Å²) in [5.41, 5.74) is 1.37. The molecule has 1 saturated carbocycles. The van der Waals surface area contributed by atoms with Crippen LogP contribution in [0, 0.1) is 11.8 Å². The number of unbranched alkanes of at least 4 members (excludes halogenated alkanes) is 3. The van der Waals surface area contributed by atoms with Gasteiger partial charge in [-0.1, -0.05) is 67.4 Å². The van der Waals surface area contributed by atoms with Crippen molar-refractivity contribution in [1.29, 1.82) is 0 Å². The number of carbonyl (C=O) groups is 2.